The lowest BCUT2D eigenvalue weighted by molar-refractivity contribution is 0.601. The Hall–Kier alpha value is -0.900. The third kappa shape index (κ3) is 0.860. The number of hydrogen-bond donors (Lipinski definition) is 1. The van der Waals surface area contributed by atoms with Crippen molar-refractivity contribution >= 4 is 17.6 Å². The highest BCUT2D eigenvalue weighted by Crippen LogP contribution is 2.12. The predicted molar refractivity (Wildman–Crippen MR) is 42.8 cm³/mol. The molecule has 4 nitrogen and oxygen atoms in total. The second-order valence-corrected chi connectivity index (χ2v) is 2.75. The van der Waals surface area contributed by atoms with E-state index in [4.69, 9.17) is 11.8 Å². The Kier molecular flexibility index (Phi) is 1.42. The molecule has 0 fully saturated rings. The molecule has 5 heteroatoms. The van der Waals surface area contributed by atoms with Gasteiger partial charge in [-0.1, -0.05) is 0 Å². The zero-order valence-corrected chi connectivity index (χ0v) is 6.64. The summed E-state index contributed by atoms with van der Waals surface area (Å²) in [7, 11) is 0. The van der Waals surface area contributed by atoms with Crippen LogP contribution in [0.1, 0.15) is 6.42 Å². The quantitative estimate of drug-likeness (QED) is 0.633. The van der Waals surface area contributed by atoms with Crippen LogP contribution in [0.2, 0.25) is 0 Å². The Morgan fingerprint density at radius 1 is 1.45 bits per heavy atom. The molecule has 0 amide bonds. The average molecular weight is 174 g/mol. The highest BCUT2D eigenvalue weighted by atomic mass is 35.5. The first-order valence-corrected chi connectivity index (χ1v) is 3.88. The van der Waals surface area contributed by atoms with Gasteiger partial charge in [0.2, 0.25) is 0 Å². The summed E-state index contributed by atoms with van der Waals surface area (Å²) in [6, 6.07) is 1.51. The first-order valence-electron chi connectivity index (χ1n) is 3.50. The third-order valence-corrected chi connectivity index (χ3v) is 2.11. The molecule has 1 N–H and O–H groups in total. The van der Waals surface area contributed by atoms with Gasteiger partial charge in [-0.25, -0.2) is 4.68 Å². The Labute approximate surface area is 68.5 Å². The lowest BCUT2D eigenvalue weighted by Gasteiger charge is -2.01. The van der Waals surface area contributed by atoms with Gasteiger partial charge in [0.1, 0.15) is 5.82 Å². The van der Waals surface area contributed by atoms with Crippen LogP contribution in [0.5, 0.6) is 0 Å². The second-order valence-electron chi connectivity index (χ2n) is 2.56. The van der Waals surface area contributed by atoms with Gasteiger partial charge in [-0.15, -0.1) is 0 Å². The summed E-state index contributed by atoms with van der Waals surface area (Å²) in [6.45, 7) is 1.68. The molecule has 0 spiro atoms. The number of rotatable bonds is 1. The molecule has 60 valence electrons. The van der Waals surface area contributed by atoms with Gasteiger partial charge in [-0.05, 0) is 6.42 Å². The largest absolute Gasteiger partial charge is 0.283 e. The van der Waals surface area contributed by atoms with E-state index < -0.39 is 0 Å². The van der Waals surface area contributed by atoms with Crippen molar-refractivity contribution in [2.75, 3.05) is 4.84 Å². The fraction of sp³-hybridized carbons (Fsp3) is 0.500. The summed E-state index contributed by atoms with van der Waals surface area (Å²) in [4.78, 5) is 13.6. The van der Waals surface area contributed by atoms with Gasteiger partial charge in [-0.3, -0.25) is 14.3 Å². The molecule has 1 aliphatic heterocycles. The third-order valence-electron chi connectivity index (χ3n) is 1.92. The Morgan fingerprint density at radius 3 is 2.91 bits per heavy atom. The number of halogens is 1. The molecule has 1 aromatic heterocycles. The maximum absolute atomic E-state index is 11.1. The molecule has 1 aliphatic rings. The van der Waals surface area contributed by atoms with Crippen LogP contribution in [0.25, 0.3) is 0 Å². The monoisotopic (exact) mass is 173 g/mol. The highest BCUT2D eigenvalue weighted by Gasteiger charge is 2.14. The minimum Gasteiger partial charge on any atom is -0.283 e. The predicted octanol–water partition coefficient (Wildman–Crippen LogP) is 0.619. The summed E-state index contributed by atoms with van der Waals surface area (Å²) >= 11 is 5.40. The lowest BCUT2D eigenvalue weighted by atomic mass is 10.4. The lowest BCUT2D eigenvalue weighted by Crippen LogP contribution is -2.15. The molecule has 1 aromatic rings. The summed E-state index contributed by atoms with van der Waals surface area (Å²) in [5.74, 6) is 0.689. The van der Waals surface area contributed by atoms with Crippen molar-refractivity contribution in [1.82, 2.24) is 9.36 Å². The second kappa shape index (κ2) is 2.30. The van der Waals surface area contributed by atoms with E-state index in [-0.39, 0.29) is 5.56 Å². The number of fused-ring (bicyclic) bond motifs is 1. The van der Waals surface area contributed by atoms with Gasteiger partial charge in [0.05, 0.1) is 0 Å². The van der Waals surface area contributed by atoms with Crippen molar-refractivity contribution in [3.05, 3.63) is 16.4 Å². The van der Waals surface area contributed by atoms with E-state index in [1.807, 2.05) is 4.68 Å². The fourth-order valence-corrected chi connectivity index (χ4v) is 1.59. The molecule has 0 bridgehead atoms. The molecule has 0 aliphatic carbocycles. The molecule has 2 rings (SSSR count). The minimum absolute atomic E-state index is 0.0191. The summed E-state index contributed by atoms with van der Waals surface area (Å²) in [5, 5.41) is 0. The normalized spacial score (nSPS) is 15.0. The molecule has 0 saturated carbocycles. The molecule has 0 aromatic carbocycles. The summed E-state index contributed by atoms with van der Waals surface area (Å²) < 4.78 is 3.54. The maximum Gasteiger partial charge on any atom is 0.268 e. The van der Waals surface area contributed by atoms with Crippen molar-refractivity contribution in [3.63, 3.8) is 0 Å². The molecule has 11 heavy (non-hydrogen) atoms. The Morgan fingerprint density at radius 2 is 2.18 bits per heavy atom. The molecule has 0 radical (unpaired) electrons. The SMILES string of the molecule is O=c1cc(NCl)n2n1CCC2. The molecule has 0 atom stereocenters. The Balaban J connectivity index is 2.61. The van der Waals surface area contributed by atoms with Crippen LogP contribution in [0.3, 0.4) is 0 Å². The van der Waals surface area contributed by atoms with Crippen molar-refractivity contribution in [2.24, 2.45) is 0 Å². The van der Waals surface area contributed by atoms with Gasteiger partial charge in [0.25, 0.3) is 5.56 Å². The smallest absolute Gasteiger partial charge is 0.268 e. The fourth-order valence-electron chi connectivity index (χ4n) is 1.43. The number of hydrogen-bond acceptors (Lipinski definition) is 2. The standard InChI is InChI=1S/C6H8ClN3O/c7-8-5-4-6(11)10-3-1-2-9(5)10/h4,8H,1-3H2. The van der Waals surface area contributed by atoms with Crippen LogP contribution in [0.15, 0.2) is 10.9 Å². The Bertz CT molecular complexity index is 327. The summed E-state index contributed by atoms with van der Waals surface area (Å²) in [6.07, 6.45) is 1.02. The first kappa shape index (κ1) is 6.79. The van der Waals surface area contributed by atoms with Crippen LogP contribution in [-0.2, 0) is 13.1 Å². The van der Waals surface area contributed by atoms with Crippen molar-refractivity contribution in [1.29, 1.82) is 0 Å². The summed E-state index contributed by atoms with van der Waals surface area (Å²) in [5.41, 5.74) is 0.0191. The zero-order chi connectivity index (χ0) is 7.84. The molecule has 2 heterocycles. The van der Waals surface area contributed by atoms with Gasteiger partial charge in [0.15, 0.2) is 0 Å². The average Bonchev–Trinajstić information content (AvgIpc) is 2.54. The van der Waals surface area contributed by atoms with Crippen LogP contribution in [0, 0.1) is 0 Å². The van der Waals surface area contributed by atoms with E-state index in [1.165, 1.54) is 6.07 Å². The number of anilines is 1. The van der Waals surface area contributed by atoms with Gasteiger partial charge < -0.3 is 0 Å². The molecule has 0 unspecified atom stereocenters. The first-order chi connectivity index (χ1) is 5.33. The topological polar surface area (TPSA) is 39.0 Å². The van der Waals surface area contributed by atoms with Crippen molar-refractivity contribution in [3.8, 4) is 0 Å². The molecular weight excluding hydrogens is 166 g/mol. The number of nitrogens with one attached hydrogen (secondary N) is 1. The number of aromatic nitrogens is 2. The van der Waals surface area contributed by atoms with Crippen LogP contribution >= 0.6 is 11.8 Å². The van der Waals surface area contributed by atoms with Crippen LogP contribution < -0.4 is 10.4 Å². The van der Waals surface area contributed by atoms with Crippen LogP contribution in [0.4, 0.5) is 5.82 Å². The van der Waals surface area contributed by atoms with E-state index in [0.717, 1.165) is 19.5 Å². The number of nitrogens with zero attached hydrogens (tertiary/aromatic N) is 2. The zero-order valence-electron chi connectivity index (χ0n) is 5.88. The maximum atomic E-state index is 11.1. The van der Waals surface area contributed by atoms with Gasteiger partial charge >= 0.3 is 0 Å². The van der Waals surface area contributed by atoms with Gasteiger partial charge in [-0.2, -0.15) is 0 Å². The van der Waals surface area contributed by atoms with E-state index in [9.17, 15) is 4.79 Å². The molecular formula is C6H8ClN3O. The van der Waals surface area contributed by atoms with E-state index >= 15 is 0 Å². The van der Waals surface area contributed by atoms with Gasteiger partial charge in [0, 0.05) is 30.9 Å². The van der Waals surface area contributed by atoms with E-state index in [0.29, 0.717) is 5.82 Å². The molecule has 0 saturated heterocycles. The minimum atomic E-state index is 0.0191. The van der Waals surface area contributed by atoms with Crippen molar-refractivity contribution < 1.29 is 0 Å². The van der Waals surface area contributed by atoms with Crippen molar-refractivity contribution in [2.45, 2.75) is 19.5 Å². The van der Waals surface area contributed by atoms with E-state index in [1.54, 1.807) is 4.68 Å². The van der Waals surface area contributed by atoms with Crippen LogP contribution in [-0.4, -0.2) is 9.36 Å². The highest BCUT2D eigenvalue weighted by molar-refractivity contribution is 6.23. The van der Waals surface area contributed by atoms with E-state index in [2.05, 4.69) is 4.84 Å².